The number of carbonyl (C=O) groups excluding carboxylic acids is 2. The number of hydrogen-bond acceptors (Lipinski definition) is 6. The van der Waals surface area contributed by atoms with Crippen molar-refractivity contribution in [2.24, 2.45) is 0 Å². The third-order valence-electron chi connectivity index (χ3n) is 5.74. The first kappa shape index (κ1) is 27.7. The Morgan fingerprint density at radius 3 is 2.59 bits per heavy atom. The average Bonchev–Trinajstić information content (AvgIpc) is 3.35. The van der Waals surface area contributed by atoms with Crippen LogP contribution in [-0.2, 0) is 33.8 Å². The lowest BCUT2D eigenvalue weighted by Gasteiger charge is -2.19. The average molecular weight is 534 g/mol. The molecule has 4 aromatic rings. The molecule has 1 N–H and O–H groups in total. The van der Waals surface area contributed by atoms with Crippen molar-refractivity contribution in [3.63, 3.8) is 0 Å². The maximum absolute atomic E-state index is 13.9. The molecule has 3 aromatic carbocycles. The first-order chi connectivity index (χ1) is 18.6. The number of rotatable bonds is 9. The van der Waals surface area contributed by atoms with Crippen molar-refractivity contribution in [1.82, 2.24) is 5.32 Å². The molecule has 0 radical (unpaired) electrons. The third-order valence-corrected chi connectivity index (χ3v) is 5.74. The number of ether oxygens (including phenoxy) is 3. The highest BCUT2D eigenvalue weighted by Crippen LogP contribution is 2.32. The molecule has 39 heavy (non-hydrogen) atoms. The van der Waals surface area contributed by atoms with Gasteiger partial charge in [-0.2, -0.15) is 0 Å². The van der Waals surface area contributed by atoms with E-state index in [0.29, 0.717) is 17.9 Å². The zero-order chi connectivity index (χ0) is 28.0. The summed E-state index contributed by atoms with van der Waals surface area (Å²) in [4.78, 5) is 24.1. The zero-order valence-corrected chi connectivity index (χ0v) is 22.5. The summed E-state index contributed by atoms with van der Waals surface area (Å²) in [6.07, 6.45) is 1.06. The number of fused-ring (bicyclic) bond motifs is 1. The highest BCUT2D eigenvalue weighted by molar-refractivity contribution is 5.93. The van der Waals surface area contributed by atoms with E-state index in [1.165, 1.54) is 18.2 Å². The summed E-state index contributed by atoms with van der Waals surface area (Å²) in [7, 11) is 0. The number of amides is 1. The summed E-state index contributed by atoms with van der Waals surface area (Å²) in [6.45, 7) is 7.91. The fourth-order valence-corrected chi connectivity index (χ4v) is 4.13. The summed E-state index contributed by atoms with van der Waals surface area (Å²) in [6, 6.07) is 17.7. The van der Waals surface area contributed by atoms with Gasteiger partial charge in [0.1, 0.15) is 29.4 Å². The van der Waals surface area contributed by atoms with Crippen molar-refractivity contribution in [2.75, 3.05) is 6.61 Å². The Morgan fingerprint density at radius 1 is 1.00 bits per heavy atom. The Morgan fingerprint density at radius 2 is 1.82 bits per heavy atom. The van der Waals surface area contributed by atoms with Crippen molar-refractivity contribution in [1.29, 1.82) is 0 Å². The van der Waals surface area contributed by atoms with E-state index >= 15 is 0 Å². The van der Waals surface area contributed by atoms with Crippen LogP contribution in [0.2, 0.25) is 0 Å². The normalized spacial score (nSPS) is 11.3. The molecule has 0 saturated carbocycles. The number of furan rings is 1. The minimum atomic E-state index is -0.577. The molecule has 0 aliphatic carbocycles. The summed E-state index contributed by atoms with van der Waals surface area (Å²) >= 11 is 0. The molecule has 0 aliphatic heterocycles. The van der Waals surface area contributed by atoms with Crippen molar-refractivity contribution in [2.45, 2.75) is 52.9 Å². The van der Waals surface area contributed by atoms with Crippen LogP contribution < -0.4 is 10.1 Å². The molecule has 8 heteroatoms. The van der Waals surface area contributed by atoms with Gasteiger partial charge < -0.3 is 23.9 Å². The Balaban J connectivity index is 1.55. The van der Waals surface area contributed by atoms with Gasteiger partial charge in [-0.15, -0.1) is 0 Å². The molecule has 4 rings (SSSR count). The maximum atomic E-state index is 13.9. The van der Waals surface area contributed by atoms with Crippen LogP contribution >= 0.6 is 0 Å². The molecule has 0 atom stereocenters. The van der Waals surface area contributed by atoms with Gasteiger partial charge in [-0.05, 0) is 86.8 Å². The van der Waals surface area contributed by atoms with E-state index in [1.807, 2.05) is 63.2 Å². The van der Waals surface area contributed by atoms with Crippen LogP contribution in [0.5, 0.6) is 5.75 Å². The van der Waals surface area contributed by atoms with Crippen LogP contribution in [0.1, 0.15) is 44.4 Å². The number of alkyl carbamates (subject to hydrolysis) is 1. The predicted molar refractivity (Wildman–Crippen MR) is 146 cm³/mol. The van der Waals surface area contributed by atoms with Gasteiger partial charge in [0.05, 0.1) is 19.3 Å². The number of carbonyl (C=O) groups is 2. The Bertz CT molecular complexity index is 1470. The van der Waals surface area contributed by atoms with E-state index in [1.54, 1.807) is 13.2 Å². The molecule has 0 fully saturated rings. The highest BCUT2D eigenvalue weighted by atomic mass is 19.1. The van der Waals surface area contributed by atoms with Gasteiger partial charge in [0.15, 0.2) is 0 Å². The Hall–Kier alpha value is -4.33. The van der Waals surface area contributed by atoms with Gasteiger partial charge >= 0.3 is 12.1 Å². The molecule has 1 heterocycles. The summed E-state index contributed by atoms with van der Waals surface area (Å²) in [5.41, 5.74) is 4.10. The fraction of sp³-hybridized carbons (Fsp3) is 0.290. The van der Waals surface area contributed by atoms with E-state index in [9.17, 15) is 14.0 Å². The van der Waals surface area contributed by atoms with Crippen molar-refractivity contribution >= 4 is 23.0 Å². The number of nitrogens with one attached hydrogen (secondary N) is 1. The van der Waals surface area contributed by atoms with Gasteiger partial charge in [0.25, 0.3) is 0 Å². The molecule has 0 spiro atoms. The molecule has 1 aromatic heterocycles. The van der Waals surface area contributed by atoms with E-state index in [2.05, 4.69) is 5.32 Å². The highest BCUT2D eigenvalue weighted by Gasteiger charge is 2.17. The Labute approximate surface area is 226 Å². The molecule has 0 unspecified atom stereocenters. The van der Waals surface area contributed by atoms with Gasteiger partial charge in [-0.3, -0.25) is 4.79 Å². The number of halogens is 1. The Kier molecular flexibility index (Phi) is 8.54. The molecular weight excluding hydrogens is 501 g/mol. The minimum absolute atomic E-state index is 0.0862. The first-order valence-corrected chi connectivity index (χ1v) is 12.7. The van der Waals surface area contributed by atoms with E-state index in [-0.39, 0.29) is 19.6 Å². The molecule has 1 amide bonds. The smallest absolute Gasteiger partial charge is 0.407 e. The second-order valence-corrected chi connectivity index (χ2v) is 10.1. The van der Waals surface area contributed by atoms with Crippen LogP contribution in [0.4, 0.5) is 9.18 Å². The molecule has 7 nitrogen and oxygen atoms in total. The van der Waals surface area contributed by atoms with E-state index in [4.69, 9.17) is 18.6 Å². The van der Waals surface area contributed by atoms with Crippen molar-refractivity contribution in [3.05, 3.63) is 89.4 Å². The number of benzene rings is 3. The first-order valence-electron chi connectivity index (χ1n) is 12.7. The largest absolute Gasteiger partial charge is 0.489 e. The van der Waals surface area contributed by atoms with Crippen LogP contribution in [0.3, 0.4) is 0 Å². The summed E-state index contributed by atoms with van der Waals surface area (Å²) < 4.78 is 36.0. The molecule has 0 aliphatic rings. The molecule has 0 saturated heterocycles. The second kappa shape index (κ2) is 12.0. The van der Waals surface area contributed by atoms with Crippen LogP contribution in [0.25, 0.3) is 22.1 Å². The van der Waals surface area contributed by atoms with E-state index in [0.717, 1.165) is 33.2 Å². The van der Waals surface area contributed by atoms with Crippen LogP contribution in [0.15, 0.2) is 71.3 Å². The van der Waals surface area contributed by atoms with Crippen molar-refractivity contribution in [3.8, 4) is 16.9 Å². The summed E-state index contributed by atoms with van der Waals surface area (Å²) in [5.74, 6) is -0.491. The lowest BCUT2D eigenvalue weighted by molar-refractivity contribution is -0.142. The molecular formula is C31H32FNO6. The number of hydrogen-bond donors (Lipinski definition) is 1. The maximum Gasteiger partial charge on any atom is 0.407 e. The lowest BCUT2D eigenvalue weighted by Crippen LogP contribution is -2.32. The van der Waals surface area contributed by atoms with Crippen LogP contribution in [0, 0.1) is 5.82 Å². The van der Waals surface area contributed by atoms with Crippen molar-refractivity contribution < 1.29 is 32.6 Å². The monoisotopic (exact) mass is 533 g/mol. The SMILES string of the molecule is CCOC(=O)Cc1cc(F)ccc1OCc1cc(-c2cccc(CNC(=O)OC(C)(C)C)c2)c2occc2c1. The molecule has 204 valence electrons. The predicted octanol–water partition coefficient (Wildman–Crippen LogP) is 6.95. The summed E-state index contributed by atoms with van der Waals surface area (Å²) in [5, 5.41) is 3.68. The second-order valence-electron chi connectivity index (χ2n) is 10.1. The van der Waals surface area contributed by atoms with Gasteiger partial charge in [0, 0.05) is 23.1 Å². The van der Waals surface area contributed by atoms with Gasteiger partial charge in [0.2, 0.25) is 0 Å². The molecule has 0 bridgehead atoms. The standard InChI is InChI=1S/C31H32FNO6/c1-5-36-28(34)17-24-16-25(32)9-10-27(24)38-19-21-14-23-11-12-37-29(23)26(15-21)22-8-6-7-20(13-22)18-33-30(35)39-31(2,3)4/h6-16H,5,17-19H2,1-4H3,(H,33,35). The van der Waals surface area contributed by atoms with Gasteiger partial charge in [-0.25, -0.2) is 9.18 Å². The minimum Gasteiger partial charge on any atom is -0.489 e. The number of esters is 1. The van der Waals surface area contributed by atoms with E-state index < -0.39 is 23.5 Å². The lowest BCUT2D eigenvalue weighted by atomic mass is 9.99. The third kappa shape index (κ3) is 7.60. The quantitative estimate of drug-likeness (QED) is 0.234. The van der Waals surface area contributed by atoms with Crippen LogP contribution in [-0.4, -0.2) is 24.3 Å². The van der Waals surface area contributed by atoms with Gasteiger partial charge in [-0.1, -0.05) is 18.2 Å². The zero-order valence-electron chi connectivity index (χ0n) is 22.5. The topological polar surface area (TPSA) is 87.0 Å². The fourth-order valence-electron chi connectivity index (χ4n) is 4.13.